The standard InChI is InChI=1S/C14H13NO2/c1-11-4-5-14(13(7-11)9-16)17-10-12-3-2-6-15-8-12/h2-9H,10H2,1H3. The van der Waals surface area contributed by atoms with Crippen molar-refractivity contribution in [3.63, 3.8) is 0 Å². The van der Waals surface area contributed by atoms with Crippen molar-refractivity contribution in [1.29, 1.82) is 0 Å². The summed E-state index contributed by atoms with van der Waals surface area (Å²) in [6.07, 6.45) is 4.27. The summed E-state index contributed by atoms with van der Waals surface area (Å²) in [5.74, 6) is 0.606. The molecule has 0 radical (unpaired) electrons. The van der Waals surface area contributed by atoms with Crippen LogP contribution in [-0.4, -0.2) is 11.3 Å². The van der Waals surface area contributed by atoms with E-state index in [9.17, 15) is 4.79 Å². The molecule has 86 valence electrons. The Hall–Kier alpha value is -2.16. The number of hydrogen-bond donors (Lipinski definition) is 0. The molecule has 0 spiro atoms. The second-order valence-electron chi connectivity index (χ2n) is 3.81. The molecule has 0 amide bonds. The van der Waals surface area contributed by atoms with Gasteiger partial charge in [-0.05, 0) is 25.1 Å². The predicted octanol–water partition coefficient (Wildman–Crippen LogP) is 2.78. The van der Waals surface area contributed by atoms with Crippen molar-refractivity contribution >= 4 is 6.29 Å². The third-order valence-corrected chi connectivity index (χ3v) is 2.41. The molecule has 0 unspecified atom stereocenters. The van der Waals surface area contributed by atoms with Gasteiger partial charge in [0.05, 0.1) is 5.56 Å². The van der Waals surface area contributed by atoms with Crippen molar-refractivity contribution in [3.8, 4) is 5.75 Å². The molecule has 0 aliphatic heterocycles. The number of hydrogen-bond acceptors (Lipinski definition) is 3. The molecule has 1 aromatic heterocycles. The van der Waals surface area contributed by atoms with E-state index in [0.29, 0.717) is 17.9 Å². The van der Waals surface area contributed by atoms with Gasteiger partial charge in [-0.3, -0.25) is 9.78 Å². The topological polar surface area (TPSA) is 39.2 Å². The first-order valence-corrected chi connectivity index (χ1v) is 5.37. The average Bonchev–Trinajstić information content (AvgIpc) is 2.38. The summed E-state index contributed by atoms with van der Waals surface area (Å²) in [6, 6.07) is 9.34. The Labute approximate surface area is 100 Å². The number of ether oxygens (including phenoxy) is 1. The summed E-state index contributed by atoms with van der Waals surface area (Å²) in [5.41, 5.74) is 2.60. The minimum absolute atomic E-state index is 0.414. The van der Waals surface area contributed by atoms with E-state index in [1.54, 1.807) is 12.4 Å². The number of pyridine rings is 1. The molecule has 0 saturated carbocycles. The number of carbonyl (C=O) groups excluding carboxylic acids is 1. The third kappa shape index (κ3) is 2.91. The van der Waals surface area contributed by atoms with Gasteiger partial charge in [0.1, 0.15) is 12.4 Å². The quantitative estimate of drug-likeness (QED) is 0.754. The highest BCUT2D eigenvalue weighted by Crippen LogP contribution is 2.19. The summed E-state index contributed by atoms with van der Waals surface area (Å²) >= 11 is 0. The minimum Gasteiger partial charge on any atom is -0.488 e. The summed E-state index contributed by atoms with van der Waals surface area (Å²) in [7, 11) is 0. The minimum atomic E-state index is 0.414. The molecule has 17 heavy (non-hydrogen) atoms. The number of benzene rings is 1. The Morgan fingerprint density at radius 2 is 2.24 bits per heavy atom. The second-order valence-corrected chi connectivity index (χ2v) is 3.81. The molecular weight excluding hydrogens is 214 g/mol. The van der Waals surface area contributed by atoms with Gasteiger partial charge in [-0.1, -0.05) is 17.7 Å². The van der Waals surface area contributed by atoms with E-state index in [0.717, 1.165) is 17.4 Å². The summed E-state index contributed by atoms with van der Waals surface area (Å²) in [4.78, 5) is 14.9. The Balaban J connectivity index is 2.11. The molecule has 0 aliphatic rings. The molecule has 3 nitrogen and oxygen atoms in total. The average molecular weight is 227 g/mol. The number of carbonyl (C=O) groups is 1. The number of nitrogens with zero attached hydrogens (tertiary/aromatic N) is 1. The van der Waals surface area contributed by atoms with Crippen molar-refractivity contribution in [3.05, 3.63) is 59.4 Å². The van der Waals surface area contributed by atoms with Crippen LogP contribution in [0.15, 0.2) is 42.7 Å². The van der Waals surface area contributed by atoms with Crippen LogP contribution in [0.1, 0.15) is 21.5 Å². The molecule has 3 heteroatoms. The number of aryl methyl sites for hydroxylation is 1. The molecule has 0 fully saturated rings. The summed E-state index contributed by atoms with van der Waals surface area (Å²) < 4.78 is 5.60. The van der Waals surface area contributed by atoms with E-state index in [1.165, 1.54) is 0 Å². The van der Waals surface area contributed by atoms with Gasteiger partial charge in [-0.25, -0.2) is 0 Å². The van der Waals surface area contributed by atoms with Crippen LogP contribution < -0.4 is 4.74 Å². The Morgan fingerprint density at radius 1 is 1.35 bits per heavy atom. The molecule has 2 rings (SSSR count). The van der Waals surface area contributed by atoms with E-state index >= 15 is 0 Å². The Bertz CT molecular complexity index is 509. The molecule has 1 heterocycles. The van der Waals surface area contributed by atoms with Crippen molar-refractivity contribution in [2.24, 2.45) is 0 Å². The van der Waals surface area contributed by atoms with E-state index in [2.05, 4.69) is 4.98 Å². The maximum absolute atomic E-state index is 10.9. The highest BCUT2D eigenvalue weighted by atomic mass is 16.5. The highest BCUT2D eigenvalue weighted by molar-refractivity contribution is 5.79. The fraction of sp³-hybridized carbons (Fsp3) is 0.143. The molecular formula is C14H13NO2. The number of aromatic nitrogens is 1. The van der Waals surface area contributed by atoms with Gasteiger partial charge in [0.25, 0.3) is 0 Å². The maximum atomic E-state index is 10.9. The zero-order valence-corrected chi connectivity index (χ0v) is 9.59. The van der Waals surface area contributed by atoms with Gasteiger partial charge in [0, 0.05) is 18.0 Å². The fourth-order valence-corrected chi connectivity index (χ4v) is 1.54. The van der Waals surface area contributed by atoms with E-state index in [4.69, 9.17) is 4.74 Å². The second kappa shape index (κ2) is 5.25. The zero-order chi connectivity index (χ0) is 12.1. The molecule has 0 saturated heterocycles. The SMILES string of the molecule is Cc1ccc(OCc2cccnc2)c(C=O)c1. The van der Waals surface area contributed by atoms with Crippen molar-refractivity contribution in [2.75, 3.05) is 0 Å². The van der Waals surface area contributed by atoms with Gasteiger partial charge in [-0.15, -0.1) is 0 Å². The molecule has 0 atom stereocenters. The first-order valence-electron chi connectivity index (χ1n) is 5.37. The van der Waals surface area contributed by atoms with Crippen LogP contribution in [0.4, 0.5) is 0 Å². The molecule has 2 aromatic rings. The monoisotopic (exact) mass is 227 g/mol. The van der Waals surface area contributed by atoms with Crippen molar-refractivity contribution in [1.82, 2.24) is 4.98 Å². The van der Waals surface area contributed by atoms with Crippen molar-refractivity contribution < 1.29 is 9.53 Å². The zero-order valence-electron chi connectivity index (χ0n) is 9.59. The van der Waals surface area contributed by atoms with Gasteiger partial charge < -0.3 is 4.74 Å². The van der Waals surface area contributed by atoms with Crippen LogP contribution in [0.3, 0.4) is 0 Å². The third-order valence-electron chi connectivity index (χ3n) is 2.41. The first-order chi connectivity index (χ1) is 8.29. The number of aldehydes is 1. The summed E-state index contributed by atoms with van der Waals surface area (Å²) in [5, 5.41) is 0. The lowest BCUT2D eigenvalue weighted by atomic mass is 10.1. The molecule has 0 N–H and O–H groups in total. The predicted molar refractivity (Wildman–Crippen MR) is 65.1 cm³/mol. The van der Waals surface area contributed by atoms with Crippen molar-refractivity contribution in [2.45, 2.75) is 13.5 Å². The van der Waals surface area contributed by atoms with E-state index < -0.39 is 0 Å². The van der Waals surface area contributed by atoms with Gasteiger partial charge in [0.15, 0.2) is 6.29 Å². The van der Waals surface area contributed by atoms with Gasteiger partial charge in [0.2, 0.25) is 0 Å². The Kier molecular flexibility index (Phi) is 3.50. The van der Waals surface area contributed by atoms with Gasteiger partial charge in [-0.2, -0.15) is 0 Å². The summed E-state index contributed by atoms with van der Waals surface area (Å²) in [6.45, 7) is 2.36. The van der Waals surface area contributed by atoms with Crippen LogP contribution in [0, 0.1) is 6.92 Å². The molecule has 0 bridgehead atoms. The van der Waals surface area contributed by atoms with Crippen LogP contribution in [0.2, 0.25) is 0 Å². The highest BCUT2D eigenvalue weighted by Gasteiger charge is 2.03. The van der Waals surface area contributed by atoms with Crippen LogP contribution in [-0.2, 0) is 6.61 Å². The molecule has 0 aliphatic carbocycles. The normalized spacial score (nSPS) is 9.94. The van der Waals surface area contributed by atoms with Crippen LogP contribution in [0.25, 0.3) is 0 Å². The maximum Gasteiger partial charge on any atom is 0.153 e. The molecule has 1 aromatic carbocycles. The largest absolute Gasteiger partial charge is 0.488 e. The van der Waals surface area contributed by atoms with Gasteiger partial charge >= 0.3 is 0 Å². The lowest BCUT2D eigenvalue weighted by molar-refractivity contribution is 0.111. The first kappa shape index (κ1) is 11.3. The van der Waals surface area contributed by atoms with Crippen LogP contribution >= 0.6 is 0 Å². The van der Waals surface area contributed by atoms with E-state index in [1.807, 2.05) is 37.3 Å². The fourth-order valence-electron chi connectivity index (χ4n) is 1.54. The lowest BCUT2D eigenvalue weighted by Crippen LogP contribution is -1.98. The smallest absolute Gasteiger partial charge is 0.153 e. The van der Waals surface area contributed by atoms with Crippen LogP contribution in [0.5, 0.6) is 5.75 Å². The number of rotatable bonds is 4. The lowest BCUT2D eigenvalue weighted by Gasteiger charge is -2.08. The Morgan fingerprint density at radius 3 is 2.94 bits per heavy atom. The van der Waals surface area contributed by atoms with E-state index in [-0.39, 0.29) is 0 Å².